The molecule has 0 radical (unpaired) electrons. The zero-order chi connectivity index (χ0) is 53.7. The van der Waals surface area contributed by atoms with E-state index in [-0.39, 0.29) is 46.6 Å². The third-order valence-electron chi connectivity index (χ3n) is 8.79. The normalized spacial score (nSPS) is 10.3. The molecule has 0 atom stereocenters. The monoisotopic (exact) mass is 1000 g/mol. The molecule has 0 spiro atoms. The summed E-state index contributed by atoms with van der Waals surface area (Å²) in [6.07, 6.45) is -6.03. The number of amides is 4. The zero-order valence-electron chi connectivity index (χ0n) is 37.3. The Hall–Kier alpha value is -8.87. The second-order valence-electron chi connectivity index (χ2n) is 14.2. The fourth-order valence-electron chi connectivity index (χ4n) is 5.23. The number of hydrogen-bond donors (Lipinski definition) is 9. The molecule has 0 aliphatic carbocycles. The molecule has 25 heteroatoms. The molecule has 0 aromatic heterocycles. The second-order valence-corrected chi connectivity index (χ2v) is 14.2. The van der Waals surface area contributed by atoms with Crippen molar-refractivity contribution < 1.29 is 69.8 Å². The van der Waals surface area contributed by atoms with Crippen molar-refractivity contribution in [3.63, 3.8) is 0 Å². The number of nitriles is 1. The molecule has 18 nitrogen and oxygen atoms in total. The first-order valence-corrected chi connectivity index (χ1v) is 20.6. The van der Waals surface area contributed by atoms with E-state index < -0.39 is 30.2 Å². The number of halogens is 7. The SMILES string of the molecule is N=C(N)c1cccc(C(=O)NCCCCCNC(=O)c2cccc(C(=N)N)c2)c1.O=C(O)C(F)(F)F.O=C(O)C(F)(F)F.[C-]#[N+]c1cccc(C(=O)NCCCCCN(F)C(=O)c2cccc(C#N)c2)c1. The van der Waals surface area contributed by atoms with Crippen LogP contribution in [0.1, 0.15) is 96.6 Å². The number of carbonyl (C=O) groups excluding carboxylic acids is 4. The third kappa shape index (κ3) is 24.1. The van der Waals surface area contributed by atoms with Crippen LogP contribution in [0.5, 0.6) is 0 Å². The van der Waals surface area contributed by atoms with E-state index in [1.54, 1.807) is 72.8 Å². The van der Waals surface area contributed by atoms with E-state index >= 15 is 0 Å². The van der Waals surface area contributed by atoms with E-state index in [2.05, 4.69) is 20.8 Å². The first-order chi connectivity index (χ1) is 33.3. The Morgan fingerprint density at radius 2 is 0.944 bits per heavy atom. The molecule has 4 aromatic rings. The minimum Gasteiger partial charge on any atom is -0.475 e. The molecule has 0 unspecified atom stereocenters. The Labute approximate surface area is 401 Å². The van der Waals surface area contributed by atoms with Gasteiger partial charge in [0.25, 0.3) is 17.7 Å². The van der Waals surface area contributed by atoms with Crippen molar-refractivity contribution in [3.8, 4) is 6.07 Å². The molecule has 4 amide bonds. The van der Waals surface area contributed by atoms with Crippen LogP contribution < -0.4 is 27.4 Å². The summed E-state index contributed by atoms with van der Waals surface area (Å²) in [5, 5.41) is 46.5. The molecule has 71 heavy (non-hydrogen) atoms. The van der Waals surface area contributed by atoms with Crippen LogP contribution in [0.2, 0.25) is 0 Å². The predicted molar refractivity (Wildman–Crippen MR) is 243 cm³/mol. The highest BCUT2D eigenvalue weighted by Gasteiger charge is 2.39. The van der Waals surface area contributed by atoms with E-state index in [1.807, 2.05) is 6.07 Å². The van der Waals surface area contributed by atoms with Crippen LogP contribution >= 0.6 is 0 Å². The molecule has 0 saturated carbocycles. The van der Waals surface area contributed by atoms with Gasteiger partial charge in [-0.15, -0.1) is 0 Å². The second kappa shape index (κ2) is 30.5. The largest absolute Gasteiger partial charge is 0.490 e. The lowest BCUT2D eigenvalue weighted by atomic mass is 10.1. The topological polar surface area (TPSA) is 310 Å². The maximum absolute atomic E-state index is 14.0. The summed E-state index contributed by atoms with van der Waals surface area (Å²) in [6.45, 7) is 8.37. The van der Waals surface area contributed by atoms with Crippen molar-refractivity contribution >= 4 is 52.9 Å². The molecule has 4 rings (SSSR count). The lowest BCUT2D eigenvalue weighted by molar-refractivity contribution is -0.193. The number of carboxylic acid groups (broad SMARTS) is 2. The Morgan fingerprint density at radius 3 is 1.32 bits per heavy atom. The van der Waals surface area contributed by atoms with Gasteiger partial charge in [0, 0.05) is 53.0 Å². The van der Waals surface area contributed by atoms with E-state index in [1.165, 1.54) is 24.3 Å². The average Bonchev–Trinajstić information content (AvgIpc) is 3.34. The van der Waals surface area contributed by atoms with Crippen molar-refractivity contribution in [2.75, 3.05) is 26.2 Å². The van der Waals surface area contributed by atoms with Crippen molar-refractivity contribution in [3.05, 3.63) is 147 Å². The van der Waals surface area contributed by atoms with Gasteiger partial charge < -0.3 is 37.6 Å². The first-order valence-electron chi connectivity index (χ1n) is 20.6. The van der Waals surface area contributed by atoms with Crippen LogP contribution in [-0.2, 0) is 9.59 Å². The van der Waals surface area contributed by atoms with Gasteiger partial charge in [0.1, 0.15) is 11.7 Å². The van der Waals surface area contributed by atoms with E-state index in [9.17, 15) is 50.0 Å². The van der Waals surface area contributed by atoms with Gasteiger partial charge in [-0.3, -0.25) is 30.0 Å². The van der Waals surface area contributed by atoms with E-state index in [0.717, 1.165) is 19.3 Å². The van der Waals surface area contributed by atoms with E-state index in [4.69, 9.17) is 53.9 Å². The van der Waals surface area contributed by atoms with Crippen LogP contribution in [-0.4, -0.2) is 101 Å². The van der Waals surface area contributed by atoms with Gasteiger partial charge >= 0.3 is 24.3 Å². The quantitative estimate of drug-likeness (QED) is 0.0123. The lowest BCUT2D eigenvalue weighted by Gasteiger charge is -2.12. The molecule has 0 fully saturated rings. The Bertz CT molecular complexity index is 2480. The number of nitrogens with zero attached hydrogens (tertiary/aromatic N) is 3. The number of aliphatic carboxylic acids is 2. The highest BCUT2D eigenvalue weighted by atomic mass is 19.4. The summed E-state index contributed by atoms with van der Waals surface area (Å²) >= 11 is 0. The number of nitrogen functional groups attached to an aromatic ring is 2. The van der Waals surface area contributed by atoms with E-state index in [0.29, 0.717) is 78.0 Å². The summed E-state index contributed by atoms with van der Waals surface area (Å²) < 4.78 is 77.4. The van der Waals surface area contributed by atoms with Gasteiger partial charge in [0.05, 0.1) is 24.7 Å². The van der Waals surface area contributed by atoms with Crippen molar-refractivity contribution in [2.45, 2.75) is 50.9 Å². The highest BCUT2D eigenvalue weighted by Crippen LogP contribution is 2.16. The first kappa shape index (κ1) is 60.1. The zero-order valence-corrected chi connectivity index (χ0v) is 37.3. The summed E-state index contributed by atoms with van der Waals surface area (Å²) in [7, 11) is 0. The van der Waals surface area contributed by atoms with Gasteiger partial charge in [-0.25, -0.2) is 14.4 Å². The van der Waals surface area contributed by atoms with Gasteiger partial charge in [-0.2, -0.15) is 36.7 Å². The Morgan fingerprint density at radius 1 is 0.592 bits per heavy atom. The van der Waals surface area contributed by atoms with Crippen LogP contribution in [0.15, 0.2) is 97.1 Å². The number of benzene rings is 4. The molecule has 11 N–H and O–H groups in total. The van der Waals surface area contributed by atoms with Crippen LogP contribution in [0, 0.1) is 28.7 Å². The molecular weight excluding hydrogens is 954 g/mol. The smallest absolute Gasteiger partial charge is 0.475 e. The summed E-state index contributed by atoms with van der Waals surface area (Å²) in [6, 6.07) is 27.6. The van der Waals surface area contributed by atoms with Crippen molar-refractivity contribution in [1.82, 2.24) is 21.1 Å². The number of carboxylic acids is 2. The Balaban J connectivity index is 0.000000560. The van der Waals surface area contributed by atoms with Gasteiger partial charge in [-0.1, -0.05) is 53.0 Å². The number of rotatable bonds is 18. The molecule has 0 aliphatic rings. The molecule has 0 aliphatic heterocycles. The number of carbonyl (C=O) groups is 6. The fraction of sp³-hybridized carbons (Fsp3) is 0.261. The summed E-state index contributed by atoms with van der Waals surface area (Å²) in [5.74, 6) is -7.10. The molecule has 0 bridgehead atoms. The maximum Gasteiger partial charge on any atom is 0.490 e. The summed E-state index contributed by atoms with van der Waals surface area (Å²) in [5.41, 5.74) is 14.1. The summed E-state index contributed by atoms with van der Waals surface area (Å²) in [4.78, 5) is 69.3. The maximum atomic E-state index is 14.0. The molecular formula is C46H47F7N10O8. The van der Waals surface area contributed by atoms with Crippen molar-refractivity contribution in [1.29, 1.82) is 16.1 Å². The van der Waals surface area contributed by atoms with Crippen LogP contribution in [0.25, 0.3) is 4.85 Å². The molecule has 0 saturated heterocycles. The lowest BCUT2D eigenvalue weighted by Crippen LogP contribution is -2.26. The van der Waals surface area contributed by atoms with Gasteiger partial charge in [0.2, 0.25) is 5.91 Å². The highest BCUT2D eigenvalue weighted by molar-refractivity contribution is 6.01. The average molecular weight is 1000 g/mol. The Kier molecular flexibility index (Phi) is 25.8. The van der Waals surface area contributed by atoms with Gasteiger partial charge in [0.15, 0.2) is 5.69 Å². The standard InChI is InChI=1S/C21H19FN4O2.C21H26N6O2.2C2HF3O2/c1-24-19-10-6-8-17(14-19)20(27)25-11-3-2-4-12-26(22)21(28)18-9-5-7-16(13-18)15-23;22-18(23)14-6-4-8-16(12-14)20(28)26-10-2-1-3-11-27-21(29)17-9-5-7-15(13-17)19(24)25;2*3-2(4,5)1(6)7/h5-10,13-14H,2-4,11-12H2,(H,25,27);4-9,12-13H,1-3,10-11H2,(H3,22,23)(H3,24,25)(H,26,28)(H,27,29);2*(H,6,7). The predicted octanol–water partition coefficient (Wildman–Crippen LogP) is 6.89. The molecule has 0 heterocycles. The van der Waals surface area contributed by atoms with Crippen LogP contribution in [0.3, 0.4) is 0 Å². The molecule has 378 valence electrons. The van der Waals surface area contributed by atoms with Crippen molar-refractivity contribution in [2.24, 2.45) is 11.5 Å². The van der Waals surface area contributed by atoms with Gasteiger partial charge in [-0.05, 0) is 87.1 Å². The molecule has 4 aromatic carbocycles. The number of nitrogens with one attached hydrogen (secondary N) is 5. The fourth-order valence-corrected chi connectivity index (χ4v) is 5.23. The minimum atomic E-state index is -5.08. The number of hydrogen-bond acceptors (Lipinski definition) is 9. The number of amidine groups is 2. The number of alkyl halides is 6. The number of unbranched alkanes of at least 4 members (excludes halogenated alkanes) is 4. The minimum absolute atomic E-state index is 0.0589. The van der Waals surface area contributed by atoms with Crippen LogP contribution in [0.4, 0.5) is 36.5 Å². The number of nitrogens with two attached hydrogens (primary N) is 2. The third-order valence-corrected chi connectivity index (χ3v) is 8.79.